The normalized spacial score (nSPS) is 17.2. The van der Waals surface area contributed by atoms with Gasteiger partial charge in [-0.05, 0) is 34.2 Å². The van der Waals surface area contributed by atoms with Crippen molar-refractivity contribution < 1.29 is 0 Å². The molecule has 1 radical (unpaired) electrons. The molecule has 2 aromatic rings. The summed E-state index contributed by atoms with van der Waals surface area (Å²) in [6, 6.07) is 17.6. The Bertz CT molecular complexity index is 638. The van der Waals surface area contributed by atoms with Crippen molar-refractivity contribution in [3.8, 4) is 11.1 Å². The number of hydrogen-bond donors (Lipinski definition) is 0. The zero-order valence-corrected chi connectivity index (χ0v) is 13.5. The van der Waals surface area contributed by atoms with Crippen LogP contribution >= 0.6 is 0 Å². The van der Waals surface area contributed by atoms with Gasteiger partial charge in [0.05, 0.1) is 8.80 Å². The maximum atomic E-state index is 2.46. The minimum absolute atomic E-state index is 0.351. The second-order valence-electron chi connectivity index (χ2n) is 5.76. The topological polar surface area (TPSA) is 0 Å². The third-order valence-electron chi connectivity index (χ3n) is 4.22. The summed E-state index contributed by atoms with van der Waals surface area (Å²) >= 11 is 0. The Morgan fingerprint density at radius 2 is 1.70 bits per heavy atom. The lowest BCUT2D eigenvalue weighted by molar-refractivity contribution is 0.990. The summed E-state index contributed by atoms with van der Waals surface area (Å²) in [7, 11) is -0.351. The first-order chi connectivity index (χ1) is 9.72. The SMILES string of the molecule is CCC1=Cc2c(-c3ccccc3)cccc2C1[Si](C)C. The van der Waals surface area contributed by atoms with Crippen LogP contribution in [0.15, 0.2) is 54.1 Å². The molecule has 1 aliphatic carbocycles. The number of hydrogen-bond acceptors (Lipinski definition) is 0. The van der Waals surface area contributed by atoms with Crippen LogP contribution in [-0.4, -0.2) is 8.80 Å². The standard InChI is InChI=1S/C19H21Si/c1-4-14-13-18-16(15-9-6-5-7-10-15)11-8-12-17(18)19(14)20(2)3/h5-13,19H,4H2,1-3H3. The molecule has 1 heteroatoms. The molecule has 0 bridgehead atoms. The van der Waals surface area contributed by atoms with E-state index in [1.807, 2.05) is 0 Å². The van der Waals surface area contributed by atoms with E-state index >= 15 is 0 Å². The lowest BCUT2D eigenvalue weighted by atomic mass is 9.97. The summed E-state index contributed by atoms with van der Waals surface area (Å²) in [5, 5.41) is 0. The van der Waals surface area contributed by atoms with E-state index in [9.17, 15) is 0 Å². The Morgan fingerprint density at radius 1 is 0.950 bits per heavy atom. The van der Waals surface area contributed by atoms with Gasteiger partial charge >= 0.3 is 0 Å². The predicted molar refractivity (Wildman–Crippen MR) is 90.4 cm³/mol. The fraction of sp³-hybridized carbons (Fsp3) is 0.263. The lowest BCUT2D eigenvalue weighted by Crippen LogP contribution is -2.16. The molecule has 0 aliphatic heterocycles. The van der Waals surface area contributed by atoms with Gasteiger partial charge in [0.2, 0.25) is 0 Å². The monoisotopic (exact) mass is 277 g/mol. The second kappa shape index (κ2) is 5.41. The van der Waals surface area contributed by atoms with Crippen LogP contribution in [0.2, 0.25) is 13.1 Å². The molecule has 1 atom stereocenters. The molecule has 1 unspecified atom stereocenters. The van der Waals surface area contributed by atoms with Crippen LogP contribution in [0.4, 0.5) is 0 Å². The summed E-state index contributed by atoms with van der Waals surface area (Å²) in [6.07, 6.45) is 3.63. The third kappa shape index (κ3) is 2.16. The molecule has 0 saturated carbocycles. The highest BCUT2D eigenvalue weighted by molar-refractivity contribution is 6.58. The van der Waals surface area contributed by atoms with E-state index in [-0.39, 0.29) is 8.80 Å². The van der Waals surface area contributed by atoms with Crippen LogP contribution in [0.1, 0.15) is 30.0 Å². The molecule has 0 spiro atoms. The van der Waals surface area contributed by atoms with Crippen molar-refractivity contribution in [2.45, 2.75) is 32.0 Å². The van der Waals surface area contributed by atoms with Gasteiger partial charge in [-0.25, -0.2) is 0 Å². The summed E-state index contributed by atoms with van der Waals surface area (Å²) in [6.45, 7) is 7.16. The van der Waals surface area contributed by atoms with E-state index in [1.165, 1.54) is 23.1 Å². The van der Waals surface area contributed by atoms with Crippen LogP contribution in [0.25, 0.3) is 17.2 Å². The Balaban J connectivity index is 2.17. The van der Waals surface area contributed by atoms with E-state index in [0.717, 1.165) is 0 Å². The number of benzene rings is 2. The first-order valence-electron chi connectivity index (χ1n) is 7.41. The zero-order valence-electron chi connectivity index (χ0n) is 12.5. The van der Waals surface area contributed by atoms with Crippen LogP contribution in [0, 0.1) is 0 Å². The molecule has 20 heavy (non-hydrogen) atoms. The van der Waals surface area contributed by atoms with E-state index in [2.05, 4.69) is 74.6 Å². The van der Waals surface area contributed by atoms with Crippen LogP contribution in [0.5, 0.6) is 0 Å². The van der Waals surface area contributed by atoms with Gasteiger partial charge in [0.25, 0.3) is 0 Å². The summed E-state index contributed by atoms with van der Waals surface area (Å²) in [4.78, 5) is 0. The lowest BCUT2D eigenvalue weighted by Gasteiger charge is -2.19. The molecule has 1 aliphatic rings. The first-order valence-corrected chi connectivity index (χ1v) is 9.99. The fourth-order valence-corrected chi connectivity index (χ4v) is 5.22. The second-order valence-corrected chi connectivity index (χ2v) is 8.49. The summed E-state index contributed by atoms with van der Waals surface area (Å²) in [5.41, 5.74) is 8.07. The molecular formula is C19H21Si. The van der Waals surface area contributed by atoms with Crippen LogP contribution < -0.4 is 0 Å². The average Bonchev–Trinajstić information content (AvgIpc) is 2.86. The highest BCUT2D eigenvalue weighted by Gasteiger charge is 2.28. The Hall–Kier alpha value is -1.60. The molecule has 0 amide bonds. The highest BCUT2D eigenvalue weighted by Crippen LogP contribution is 2.43. The predicted octanol–water partition coefficient (Wildman–Crippen LogP) is 5.54. The maximum absolute atomic E-state index is 2.46. The van der Waals surface area contributed by atoms with E-state index in [4.69, 9.17) is 0 Å². The quantitative estimate of drug-likeness (QED) is 0.646. The van der Waals surface area contributed by atoms with Crippen LogP contribution in [-0.2, 0) is 0 Å². The molecule has 0 fully saturated rings. The van der Waals surface area contributed by atoms with Gasteiger partial charge in [-0.2, -0.15) is 0 Å². The number of rotatable bonds is 3. The van der Waals surface area contributed by atoms with Crippen LogP contribution in [0.3, 0.4) is 0 Å². The molecule has 101 valence electrons. The van der Waals surface area contributed by atoms with Crippen molar-refractivity contribution in [3.05, 3.63) is 65.2 Å². The maximum Gasteiger partial charge on any atom is 0.0552 e. The Kier molecular flexibility index (Phi) is 3.62. The molecule has 0 aromatic heterocycles. The van der Waals surface area contributed by atoms with Gasteiger partial charge < -0.3 is 0 Å². The zero-order chi connectivity index (χ0) is 14.1. The molecule has 0 N–H and O–H groups in total. The minimum atomic E-state index is -0.351. The number of allylic oxidation sites excluding steroid dienone is 1. The largest absolute Gasteiger partial charge is 0.0705 e. The van der Waals surface area contributed by atoms with E-state index < -0.39 is 0 Å². The summed E-state index contributed by atoms with van der Waals surface area (Å²) < 4.78 is 0. The van der Waals surface area contributed by atoms with Gasteiger partial charge in [-0.3, -0.25) is 0 Å². The Labute approximate surface area is 123 Å². The van der Waals surface area contributed by atoms with Crippen molar-refractivity contribution in [3.63, 3.8) is 0 Å². The van der Waals surface area contributed by atoms with Gasteiger partial charge in [0.1, 0.15) is 0 Å². The molecule has 2 aromatic carbocycles. The summed E-state index contributed by atoms with van der Waals surface area (Å²) in [5.74, 6) is 0. The smallest absolute Gasteiger partial charge is 0.0552 e. The minimum Gasteiger partial charge on any atom is -0.0705 e. The van der Waals surface area contributed by atoms with Crippen molar-refractivity contribution in [2.24, 2.45) is 0 Å². The van der Waals surface area contributed by atoms with Gasteiger partial charge in [-0.15, -0.1) is 0 Å². The van der Waals surface area contributed by atoms with Crippen molar-refractivity contribution in [1.82, 2.24) is 0 Å². The molecule has 0 heterocycles. The molecule has 0 nitrogen and oxygen atoms in total. The van der Waals surface area contributed by atoms with Crippen molar-refractivity contribution in [1.29, 1.82) is 0 Å². The average molecular weight is 277 g/mol. The van der Waals surface area contributed by atoms with E-state index in [1.54, 1.807) is 11.1 Å². The van der Waals surface area contributed by atoms with E-state index in [0.29, 0.717) is 5.54 Å². The van der Waals surface area contributed by atoms with Crippen molar-refractivity contribution in [2.75, 3.05) is 0 Å². The van der Waals surface area contributed by atoms with Crippen molar-refractivity contribution >= 4 is 14.9 Å². The van der Waals surface area contributed by atoms with Gasteiger partial charge in [0.15, 0.2) is 0 Å². The number of fused-ring (bicyclic) bond motifs is 1. The third-order valence-corrected chi connectivity index (χ3v) is 6.06. The fourth-order valence-electron chi connectivity index (χ4n) is 3.32. The molecule has 0 saturated heterocycles. The Morgan fingerprint density at radius 3 is 2.35 bits per heavy atom. The first kappa shape index (κ1) is 13.4. The highest BCUT2D eigenvalue weighted by atomic mass is 28.3. The van der Waals surface area contributed by atoms with Gasteiger partial charge in [-0.1, -0.05) is 80.2 Å². The van der Waals surface area contributed by atoms with Gasteiger partial charge in [0, 0.05) is 0 Å². The molecular weight excluding hydrogens is 256 g/mol. The molecule has 3 rings (SSSR count).